The van der Waals surface area contributed by atoms with E-state index in [9.17, 15) is 12.8 Å². The van der Waals surface area contributed by atoms with Gasteiger partial charge in [0.2, 0.25) is 0 Å². The lowest BCUT2D eigenvalue weighted by Crippen LogP contribution is -2.26. The van der Waals surface area contributed by atoms with Crippen molar-refractivity contribution in [2.75, 3.05) is 34.3 Å². The fourth-order valence-electron chi connectivity index (χ4n) is 2.20. The van der Waals surface area contributed by atoms with Crippen molar-refractivity contribution in [2.45, 2.75) is 11.4 Å². The molecule has 0 aliphatic carbocycles. The van der Waals surface area contributed by atoms with Gasteiger partial charge in [0, 0.05) is 19.6 Å². The summed E-state index contributed by atoms with van der Waals surface area (Å²) >= 11 is 0. The van der Waals surface area contributed by atoms with Crippen LogP contribution in [0, 0.1) is 5.82 Å². The minimum absolute atomic E-state index is 0.0868. The second-order valence-corrected chi connectivity index (χ2v) is 7.50. The van der Waals surface area contributed by atoms with Crippen molar-refractivity contribution in [3.63, 3.8) is 0 Å². The summed E-state index contributed by atoms with van der Waals surface area (Å²) in [7, 11) is 1.32. The van der Waals surface area contributed by atoms with E-state index in [1.807, 2.05) is 20.2 Å². The lowest BCUT2D eigenvalue weighted by Gasteiger charge is -2.13. The summed E-state index contributed by atoms with van der Waals surface area (Å²) in [4.78, 5) is 1.93. The van der Waals surface area contributed by atoms with E-state index in [-0.39, 0.29) is 10.6 Å². The maximum Gasteiger partial charge on any atom is 0.339 e. The average molecular weight is 382 g/mol. The van der Waals surface area contributed by atoms with E-state index in [1.165, 1.54) is 7.11 Å². The molecule has 6 nitrogen and oxygen atoms in total. The van der Waals surface area contributed by atoms with Crippen LogP contribution in [0.4, 0.5) is 4.39 Å². The molecule has 1 N–H and O–H groups in total. The van der Waals surface area contributed by atoms with Gasteiger partial charge in [-0.15, -0.1) is 0 Å². The van der Waals surface area contributed by atoms with Gasteiger partial charge in [0.1, 0.15) is 10.7 Å². The molecule has 0 amide bonds. The smallest absolute Gasteiger partial charge is 0.339 e. The summed E-state index contributed by atoms with van der Waals surface area (Å²) in [6.45, 7) is 2.24. The van der Waals surface area contributed by atoms with Crippen molar-refractivity contribution >= 4 is 10.1 Å². The van der Waals surface area contributed by atoms with E-state index in [4.69, 9.17) is 8.92 Å². The van der Waals surface area contributed by atoms with Gasteiger partial charge in [0.25, 0.3) is 0 Å². The molecule has 0 heterocycles. The van der Waals surface area contributed by atoms with Gasteiger partial charge < -0.3 is 19.1 Å². The second kappa shape index (κ2) is 8.98. The highest BCUT2D eigenvalue weighted by molar-refractivity contribution is 7.87. The molecule has 142 valence electrons. The molecule has 2 aromatic carbocycles. The van der Waals surface area contributed by atoms with Crippen LogP contribution in [0.15, 0.2) is 47.4 Å². The van der Waals surface area contributed by atoms with E-state index < -0.39 is 15.9 Å². The first-order chi connectivity index (χ1) is 12.3. The zero-order valence-corrected chi connectivity index (χ0v) is 15.8. The van der Waals surface area contributed by atoms with Crippen LogP contribution in [0.5, 0.6) is 11.5 Å². The quantitative estimate of drug-likeness (QED) is 0.530. The largest absolute Gasteiger partial charge is 0.493 e. The fourth-order valence-corrected chi connectivity index (χ4v) is 3.13. The number of hydrogen-bond acceptors (Lipinski definition) is 6. The molecule has 0 saturated carbocycles. The van der Waals surface area contributed by atoms with Crippen LogP contribution < -0.4 is 14.2 Å². The molecule has 0 aromatic heterocycles. The second-order valence-electron chi connectivity index (χ2n) is 5.96. The van der Waals surface area contributed by atoms with Crippen LogP contribution in [-0.4, -0.2) is 47.6 Å². The van der Waals surface area contributed by atoms with E-state index in [0.717, 1.165) is 42.9 Å². The van der Waals surface area contributed by atoms with Crippen LogP contribution in [0.1, 0.15) is 5.56 Å². The molecule has 0 spiro atoms. The summed E-state index contributed by atoms with van der Waals surface area (Å²) in [5.41, 5.74) is 0.855. The maximum atomic E-state index is 13.0. The van der Waals surface area contributed by atoms with Crippen LogP contribution >= 0.6 is 0 Å². The molecule has 0 aliphatic heterocycles. The standard InChI is InChI=1S/C18H23FN2O4S/c1-21(2)11-10-20-13-14-4-9-17(24-3)18(12-14)25-26(22,23)16-7-5-15(19)6-8-16/h4-9,12,20H,10-11,13H2,1-3H3. The first kappa shape index (κ1) is 20.2. The first-order valence-electron chi connectivity index (χ1n) is 8.04. The fraction of sp³-hybridized carbons (Fsp3) is 0.333. The number of halogens is 1. The Morgan fingerprint density at radius 1 is 1.08 bits per heavy atom. The highest BCUT2D eigenvalue weighted by Gasteiger charge is 2.19. The van der Waals surface area contributed by atoms with Crippen LogP contribution in [0.3, 0.4) is 0 Å². The number of likely N-dealkylation sites (N-methyl/N-ethyl adjacent to an activating group) is 1. The molecule has 0 radical (unpaired) electrons. The predicted octanol–water partition coefficient (Wildman–Crippen LogP) is 2.25. The summed E-state index contributed by atoms with van der Waals surface area (Å²) in [5.74, 6) is -0.135. The average Bonchev–Trinajstić information content (AvgIpc) is 2.59. The van der Waals surface area contributed by atoms with Gasteiger partial charge in [-0.05, 0) is 56.1 Å². The topological polar surface area (TPSA) is 67.9 Å². The Hall–Kier alpha value is -2.16. The Morgan fingerprint density at radius 2 is 1.77 bits per heavy atom. The molecule has 0 fully saturated rings. The Bertz CT molecular complexity index is 824. The van der Waals surface area contributed by atoms with Crippen LogP contribution in [0.25, 0.3) is 0 Å². The van der Waals surface area contributed by atoms with Crippen molar-refractivity contribution in [3.8, 4) is 11.5 Å². The number of nitrogens with zero attached hydrogens (tertiary/aromatic N) is 1. The molecule has 0 aliphatic rings. The maximum absolute atomic E-state index is 13.0. The monoisotopic (exact) mass is 382 g/mol. The Balaban J connectivity index is 2.16. The summed E-state index contributed by atoms with van der Waals surface area (Å²) in [5, 5.41) is 3.27. The van der Waals surface area contributed by atoms with Gasteiger partial charge in [0.05, 0.1) is 7.11 Å². The summed E-state index contributed by atoms with van der Waals surface area (Å²) < 4.78 is 48.2. The normalized spacial score (nSPS) is 11.6. The highest BCUT2D eigenvalue weighted by Crippen LogP contribution is 2.31. The lowest BCUT2D eigenvalue weighted by molar-refractivity contribution is 0.389. The summed E-state index contributed by atoms with van der Waals surface area (Å²) in [6, 6.07) is 9.55. The Labute approximate surface area is 153 Å². The van der Waals surface area contributed by atoms with E-state index >= 15 is 0 Å². The number of methoxy groups -OCH3 is 1. The van der Waals surface area contributed by atoms with Gasteiger partial charge in [-0.2, -0.15) is 8.42 Å². The van der Waals surface area contributed by atoms with Crippen molar-refractivity contribution in [1.29, 1.82) is 0 Å². The molecular formula is C18H23FN2O4S. The van der Waals surface area contributed by atoms with E-state index in [2.05, 4.69) is 10.2 Å². The molecule has 26 heavy (non-hydrogen) atoms. The number of rotatable bonds is 9. The zero-order valence-electron chi connectivity index (χ0n) is 15.0. The molecule has 0 unspecified atom stereocenters. The SMILES string of the molecule is COc1ccc(CNCCN(C)C)cc1OS(=O)(=O)c1ccc(F)cc1. The molecule has 2 aromatic rings. The number of benzene rings is 2. The third-order valence-electron chi connectivity index (χ3n) is 3.59. The van der Waals surface area contributed by atoms with Crippen molar-refractivity contribution in [1.82, 2.24) is 10.2 Å². The molecule has 8 heteroatoms. The molecule has 0 bridgehead atoms. The summed E-state index contributed by atoms with van der Waals surface area (Å²) in [6.07, 6.45) is 0. The van der Waals surface area contributed by atoms with Gasteiger partial charge in [-0.1, -0.05) is 6.07 Å². The van der Waals surface area contributed by atoms with Gasteiger partial charge in [-0.25, -0.2) is 4.39 Å². The molecule has 0 saturated heterocycles. The third-order valence-corrected chi connectivity index (χ3v) is 4.84. The highest BCUT2D eigenvalue weighted by atomic mass is 32.2. The van der Waals surface area contributed by atoms with Gasteiger partial charge in [-0.3, -0.25) is 0 Å². The first-order valence-corrected chi connectivity index (χ1v) is 9.45. The van der Waals surface area contributed by atoms with Crippen LogP contribution in [0.2, 0.25) is 0 Å². The Morgan fingerprint density at radius 3 is 2.38 bits per heavy atom. The molecular weight excluding hydrogens is 359 g/mol. The van der Waals surface area contributed by atoms with Gasteiger partial charge in [0.15, 0.2) is 11.5 Å². The number of ether oxygens (including phenoxy) is 1. The van der Waals surface area contributed by atoms with E-state index in [0.29, 0.717) is 12.3 Å². The lowest BCUT2D eigenvalue weighted by atomic mass is 10.2. The molecule has 2 rings (SSSR count). The number of nitrogens with one attached hydrogen (secondary N) is 1. The minimum atomic E-state index is -4.09. The van der Waals surface area contributed by atoms with Gasteiger partial charge >= 0.3 is 10.1 Å². The predicted molar refractivity (Wildman–Crippen MR) is 97.5 cm³/mol. The molecule has 0 atom stereocenters. The Kier molecular flexibility index (Phi) is 6.96. The third kappa shape index (κ3) is 5.69. The van der Waals surface area contributed by atoms with Crippen molar-refractivity contribution < 1.29 is 21.7 Å². The van der Waals surface area contributed by atoms with E-state index in [1.54, 1.807) is 12.1 Å². The van der Waals surface area contributed by atoms with Crippen LogP contribution in [-0.2, 0) is 16.7 Å². The van der Waals surface area contributed by atoms with Crippen molar-refractivity contribution in [2.24, 2.45) is 0 Å². The minimum Gasteiger partial charge on any atom is -0.493 e. The zero-order chi connectivity index (χ0) is 19.2. The van der Waals surface area contributed by atoms with Crippen molar-refractivity contribution in [3.05, 3.63) is 53.8 Å². The number of hydrogen-bond donors (Lipinski definition) is 1.